The summed E-state index contributed by atoms with van der Waals surface area (Å²) in [7, 11) is 2.06. The highest BCUT2D eigenvalue weighted by atomic mass is 32.1. The topological polar surface area (TPSA) is 32.5 Å². The van der Waals surface area contributed by atoms with Crippen molar-refractivity contribution in [3.63, 3.8) is 0 Å². The average molecular weight is 301 g/mol. The quantitative estimate of drug-likeness (QED) is 0.864. The van der Waals surface area contributed by atoms with Crippen molar-refractivity contribution in [1.82, 2.24) is 0 Å². The fourth-order valence-corrected chi connectivity index (χ4v) is 2.86. The van der Waals surface area contributed by atoms with Gasteiger partial charge in [-0.15, -0.1) is 0 Å². The van der Waals surface area contributed by atoms with Gasteiger partial charge >= 0.3 is 0 Å². The maximum absolute atomic E-state index is 13.5. The molecule has 1 heterocycles. The van der Waals surface area contributed by atoms with Crippen LogP contribution in [0.3, 0.4) is 0 Å². The van der Waals surface area contributed by atoms with Gasteiger partial charge in [0.2, 0.25) is 0 Å². The lowest BCUT2D eigenvalue weighted by atomic mass is 10.1. The Bertz CT molecular complexity index is 702. The molecule has 0 saturated carbocycles. The first-order valence-corrected chi connectivity index (χ1v) is 7.16. The van der Waals surface area contributed by atoms with Gasteiger partial charge in [-0.05, 0) is 30.3 Å². The Morgan fingerprint density at radius 3 is 2.52 bits per heavy atom. The fraction of sp³-hybridized carbons (Fsp3) is 0.188. The second-order valence-electron chi connectivity index (χ2n) is 5.09. The van der Waals surface area contributed by atoms with Crippen molar-refractivity contribution in [1.29, 1.82) is 0 Å². The van der Waals surface area contributed by atoms with Gasteiger partial charge in [-0.2, -0.15) is 0 Å². The number of para-hydroxylation sites is 2. The van der Waals surface area contributed by atoms with Crippen LogP contribution < -0.4 is 15.5 Å². The number of halogens is 1. The van der Waals surface area contributed by atoms with Crippen LogP contribution in [-0.2, 0) is 0 Å². The number of hydrogen-bond acceptors (Lipinski definition) is 3. The molecular weight excluding hydrogens is 285 g/mol. The molecule has 5 heteroatoms. The summed E-state index contributed by atoms with van der Waals surface area (Å²) in [6.45, 7) is 1.68. The van der Waals surface area contributed by atoms with Gasteiger partial charge in [0, 0.05) is 25.7 Å². The summed E-state index contributed by atoms with van der Waals surface area (Å²) in [5.41, 5.74) is 9.41. The molecule has 0 aliphatic carbocycles. The SMILES string of the molecule is CN1CCN(c2ccc(F)cc2C(N)=S)c2ccccc21. The molecule has 2 N–H and O–H groups in total. The number of likely N-dealkylation sites (N-methyl/N-ethyl adjacent to an activating group) is 1. The average Bonchev–Trinajstić information content (AvgIpc) is 2.48. The first-order valence-electron chi connectivity index (χ1n) is 6.75. The number of nitrogens with two attached hydrogens (primary N) is 1. The highest BCUT2D eigenvalue weighted by Gasteiger charge is 2.23. The number of nitrogens with zero attached hydrogens (tertiary/aromatic N) is 2. The van der Waals surface area contributed by atoms with Crippen LogP contribution >= 0.6 is 12.2 Å². The molecule has 0 fully saturated rings. The van der Waals surface area contributed by atoms with E-state index in [1.165, 1.54) is 12.1 Å². The third kappa shape index (κ3) is 2.45. The zero-order valence-electron chi connectivity index (χ0n) is 11.7. The van der Waals surface area contributed by atoms with Gasteiger partial charge in [0.15, 0.2) is 0 Å². The smallest absolute Gasteiger partial charge is 0.124 e. The maximum atomic E-state index is 13.5. The molecule has 0 atom stereocenters. The third-order valence-electron chi connectivity index (χ3n) is 3.76. The Morgan fingerprint density at radius 1 is 1.10 bits per heavy atom. The number of fused-ring (bicyclic) bond motifs is 1. The van der Waals surface area contributed by atoms with Crippen molar-refractivity contribution in [3.05, 3.63) is 53.8 Å². The van der Waals surface area contributed by atoms with Crippen molar-refractivity contribution in [2.75, 3.05) is 29.9 Å². The van der Waals surface area contributed by atoms with Crippen molar-refractivity contribution in [2.24, 2.45) is 5.73 Å². The van der Waals surface area contributed by atoms with E-state index in [1.54, 1.807) is 6.07 Å². The normalized spacial score (nSPS) is 14.0. The van der Waals surface area contributed by atoms with E-state index in [0.717, 1.165) is 30.2 Å². The van der Waals surface area contributed by atoms with Crippen molar-refractivity contribution in [3.8, 4) is 0 Å². The molecule has 2 aromatic carbocycles. The zero-order chi connectivity index (χ0) is 15.0. The fourth-order valence-electron chi connectivity index (χ4n) is 2.70. The van der Waals surface area contributed by atoms with Gasteiger partial charge in [-0.3, -0.25) is 0 Å². The number of anilines is 3. The Labute approximate surface area is 128 Å². The van der Waals surface area contributed by atoms with E-state index in [1.807, 2.05) is 12.1 Å². The minimum Gasteiger partial charge on any atom is -0.389 e. The summed E-state index contributed by atoms with van der Waals surface area (Å²) in [4.78, 5) is 4.56. The molecule has 0 unspecified atom stereocenters. The summed E-state index contributed by atoms with van der Waals surface area (Å²) in [6, 6.07) is 12.7. The molecule has 3 rings (SSSR count). The molecule has 1 aliphatic heterocycles. The molecule has 0 amide bonds. The predicted octanol–water partition coefficient (Wildman–Crippen LogP) is 3.05. The second kappa shape index (κ2) is 5.33. The minimum absolute atomic E-state index is 0.209. The van der Waals surface area contributed by atoms with E-state index in [-0.39, 0.29) is 10.8 Å². The van der Waals surface area contributed by atoms with E-state index in [2.05, 4.69) is 29.0 Å². The van der Waals surface area contributed by atoms with Gasteiger partial charge in [0.25, 0.3) is 0 Å². The minimum atomic E-state index is -0.330. The van der Waals surface area contributed by atoms with Crippen molar-refractivity contribution in [2.45, 2.75) is 0 Å². The monoisotopic (exact) mass is 301 g/mol. The van der Waals surface area contributed by atoms with Gasteiger partial charge in [0.1, 0.15) is 10.8 Å². The van der Waals surface area contributed by atoms with E-state index < -0.39 is 0 Å². The lowest BCUT2D eigenvalue weighted by Crippen LogP contribution is -2.37. The summed E-state index contributed by atoms with van der Waals surface area (Å²) in [6.07, 6.45) is 0. The molecule has 3 nitrogen and oxygen atoms in total. The van der Waals surface area contributed by atoms with Crippen LogP contribution in [0.15, 0.2) is 42.5 Å². The molecule has 0 bridgehead atoms. The van der Waals surface area contributed by atoms with Crippen molar-refractivity contribution >= 4 is 34.3 Å². The number of benzene rings is 2. The first-order chi connectivity index (χ1) is 10.1. The molecule has 2 aromatic rings. The molecular formula is C16H16FN3S. The standard InChI is InChI=1S/C16H16FN3S/c1-19-8-9-20(15-5-3-2-4-14(15)19)13-7-6-11(17)10-12(13)16(18)21/h2-7,10H,8-9H2,1H3,(H2,18,21). The van der Waals surface area contributed by atoms with Gasteiger partial charge in [-0.1, -0.05) is 24.4 Å². The first kappa shape index (κ1) is 13.8. The van der Waals surface area contributed by atoms with E-state index >= 15 is 0 Å². The van der Waals surface area contributed by atoms with E-state index in [4.69, 9.17) is 18.0 Å². The van der Waals surface area contributed by atoms with Gasteiger partial charge in [0.05, 0.1) is 17.1 Å². The Kier molecular flexibility index (Phi) is 3.51. The predicted molar refractivity (Wildman–Crippen MR) is 89.0 cm³/mol. The van der Waals surface area contributed by atoms with Crippen LogP contribution in [0.4, 0.5) is 21.5 Å². The highest BCUT2D eigenvalue weighted by molar-refractivity contribution is 7.80. The number of rotatable bonds is 2. The van der Waals surface area contributed by atoms with Crippen LogP contribution in [0.1, 0.15) is 5.56 Å². The molecule has 0 spiro atoms. The summed E-state index contributed by atoms with van der Waals surface area (Å²) in [5.74, 6) is -0.330. The molecule has 0 radical (unpaired) electrons. The van der Waals surface area contributed by atoms with Crippen LogP contribution in [-0.4, -0.2) is 25.1 Å². The maximum Gasteiger partial charge on any atom is 0.124 e. The van der Waals surface area contributed by atoms with E-state index in [0.29, 0.717) is 5.56 Å². The van der Waals surface area contributed by atoms with Crippen LogP contribution in [0.5, 0.6) is 0 Å². The lowest BCUT2D eigenvalue weighted by Gasteiger charge is -2.37. The Hall–Kier alpha value is -2.14. The number of hydrogen-bond donors (Lipinski definition) is 1. The largest absolute Gasteiger partial charge is 0.389 e. The number of thiocarbonyl (C=S) groups is 1. The molecule has 1 aliphatic rings. The Balaban J connectivity index is 2.14. The van der Waals surface area contributed by atoms with Gasteiger partial charge < -0.3 is 15.5 Å². The lowest BCUT2D eigenvalue weighted by molar-refractivity contribution is 0.627. The second-order valence-corrected chi connectivity index (χ2v) is 5.53. The summed E-state index contributed by atoms with van der Waals surface area (Å²) >= 11 is 5.07. The zero-order valence-corrected chi connectivity index (χ0v) is 12.5. The molecule has 0 saturated heterocycles. The van der Waals surface area contributed by atoms with Crippen LogP contribution in [0.25, 0.3) is 0 Å². The third-order valence-corrected chi connectivity index (χ3v) is 3.98. The van der Waals surface area contributed by atoms with Crippen LogP contribution in [0.2, 0.25) is 0 Å². The molecule has 21 heavy (non-hydrogen) atoms. The highest BCUT2D eigenvalue weighted by Crippen LogP contribution is 2.38. The molecule has 0 aromatic heterocycles. The summed E-state index contributed by atoms with van der Waals surface area (Å²) < 4.78 is 13.5. The van der Waals surface area contributed by atoms with Crippen LogP contribution in [0, 0.1) is 5.82 Å². The Morgan fingerprint density at radius 2 is 1.81 bits per heavy atom. The van der Waals surface area contributed by atoms with E-state index in [9.17, 15) is 4.39 Å². The van der Waals surface area contributed by atoms with Gasteiger partial charge in [-0.25, -0.2) is 4.39 Å². The molecule has 108 valence electrons. The summed E-state index contributed by atoms with van der Waals surface area (Å²) in [5, 5.41) is 0. The van der Waals surface area contributed by atoms with Crippen molar-refractivity contribution < 1.29 is 4.39 Å².